The van der Waals surface area contributed by atoms with Crippen molar-refractivity contribution in [2.75, 3.05) is 5.32 Å². The lowest BCUT2D eigenvalue weighted by Gasteiger charge is -2.07. The van der Waals surface area contributed by atoms with E-state index in [2.05, 4.69) is 16.7 Å². The molecular formula is C18H17N3O2. The standard InChI is InChI=1S/C18H17N3O2/c1-13(22)21-17-7-5-14(6-8-17)10-18(23)20-12-16-4-2-3-15(9-16)11-19/h2-9H,10,12H2,1H3,(H,20,23)(H,21,22). The van der Waals surface area contributed by atoms with Crippen molar-refractivity contribution >= 4 is 17.5 Å². The second-order valence-electron chi connectivity index (χ2n) is 5.14. The highest BCUT2D eigenvalue weighted by atomic mass is 16.2. The first-order chi connectivity index (χ1) is 11.1. The van der Waals surface area contributed by atoms with Crippen molar-refractivity contribution in [3.05, 3.63) is 65.2 Å². The summed E-state index contributed by atoms with van der Waals surface area (Å²) in [4.78, 5) is 22.9. The zero-order valence-electron chi connectivity index (χ0n) is 12.8. The van der Waals surface area contributed by atoms with Gasteiger partial charge in [0.25, 0.3) is 0 Å². The first kappa shape index (κ1) is 16.2. The van der Waals surface area contributed by atoms with Crippen LogP contribution in [0.4, 0.5) is 5.69 Å². The fourth-order valence-electron chi connectivity index (χ4n) is 2.11. The molecule has 0 aliphatic carbocycles. The van der Waals surface area contributed by atoms with Gasteiger partial charge < -0.3 is 10.6 Å². The van der Waals surface area contributed by atoms with Crippen molar-refractivity contribution in [3.8, 4) is 6.07 Å². The van der Waals surface area contributed by atoms with Gasteiger partial charge in [-0.1, -0.05) is 24.3 Å². The molecule has 0 bridgehead atoms. The highest BCUT2D eigenvalue weighted by Crippen LogP contribution is 2.10. The molecular weight excluding hydrogens is 290 g/mol. The Labute approximate surface area is 134 Å². The Kier molecular flexibility index (Phi) is 5.48. The molecule has 0 aliphatic heterocycles. The number of nitriles is 1. The van der Waals surface area contributed by atoms with Gasteiger partial charge in [-0.15, -0.1) is 0 Å². The lowest BCUT2D eigenvalue weighted by Crippen LogP contribution is -2.24. The normalized spacial score (nSPS) is 9.74. The molecule has 2 amide bonds. The highest BCUT2D eigenvalue weighted by molar-refractivity contribution is 5.88. The van der Waals surface area contributed by atoms with Crippen LogP contribution in [0, 0.1) is 11.3 Å². The number of hydrogen-bond acceptors (Lipinski definition) is 3. The van der Waals surface area contributed by atoms with Crippen LogP contribution >= 0.6 is 0 Å². The van der Waals surface area contributed by atoms with Gasteiger partial charge in [-0.3, -0.25) is 9.59 Å². The van der Waals surface area contributed by atoms with Crippen LogP contribution in [0.25, 0.3) is 0 Å². The Morgan fingerprint density at radius 1 is 1.09 bits per heavy atom. The molecule has 0 atom stereocenters. The molecule has 116 valence electrons. The first-order valence-corrected chi connectivity index (χ1v) is 7.19. The number of nitrogens with one attached hydrogen (secondary N) is 2. The average molecular weight is 307 g/mol. The van der Waals surface area contributed by atoms with E-state index in [1.165, 1.54) is 6.92 Å². The van der Waals surface area contributed by atoms with Crippen molar-refractivity contribution in [1.82, 2.24) is 5.32 Å². The SMILES string of the molecule is CC(=O)Nc1ccc(CC(=O)NCc2cccc(C#N)c2)cc1. The van der Waals surface area contributed by atoms with Gasteiger partial charge in [0.15, 0.2) is 0 Å². The number of hydrogen-bond donors (Lipinski definition) is 2. The average Bonchev–Trinajstić information content (AvgIpc) is 2.54. The lowest BCUT2D eigenvalue weighted by atomic mass is 10.1. The first-order valence-electron chi connectivity index (χ1n) is 7.19. The summed E-state index contributed by atoms with van der Waals surface area (Å²) in [5.41, 5.74) is 3.03. The van der Waals surface area contributed by atoms with Crippen LogP contribution in [-0.4, -0.2) is 11.8 Å². The van der Waals surface area contributed by atoms with E-state index in [1.807, 2.05) is 6.07 Å². The number of nitrogens with zero attached hydrogens (tertiary/aromatic N) is 1. The summed E-state index contributed by atoms with van der Waals surface area (Å²) < 4.78 is 0. The summed E-state index contributed by atoms with van der Waals surface area (Å²) in [5.74, 6) is -0.227. The molecule has 0 fully saturated rings. The van der Waals surface area contributed by atoms with Gasteiger partial charge in [0, 0.05) is 19.2 Å². The minimum Gasteiger partial charge on any atom is -0.352 e. The number of rotatable bonds is 5. The maximum atomic E-state index is 12.0. The topological polar surface area (TPSA) is 82.0 Å². The van der Waals surface area contributed by atoms with Crippen molar-refractivity contribution in [2.24, 2.45) is 0 Å². The second kappa shape index (κ2) is 7.76. The molecule has 2 rings (SSSR count). The Morgan fingerprint density at radius 2 is 1.83 bits per heavy atom. The fourth-order valence-corrected chi connectivity index (χ4v) is 2.11. The summed E-state index contributed by atoms with van der Waals surface area (Å²) in [6.07, 6.45) is 0.262. The molecule has 0 spiro atoms. The van der Waals surface area contributed by atoms with Gasteiger partial charge >= 0.3 is 0 Å². The van der Waals surface area contributed by atoms with Crippen molar-refractivity contribution in [3.63, 3.8) is 0 Å². The molecule has 0 unspecified atom stereocenters. The van der Waals surface area contributed by atoms with Gasteiger partial charge in [-0.25, -0.2) is 0 Å². The fraction of sp³-hybridized carbons (Fsp3) is 0.167. The maximum Gasteiger partial charge on any atom is 0.224 e. The van der Waals surface area contributed by atoms with Gasteiger partial charge in [0.2, 0.25) is 11.8 Å². The molecule has 0 saturated carbocycles. The third-order valence-electron chi connectivity index (χ3n) is 3.18. The summed E-state index contributed by atoms with van der Waals surface area (Å²) in [7, 11) is 0. The van der Waals surface area contributed by atoms with Crippen LogP contribution < -0.4 is 10.6 Å². The van der Waals surface area contributed by atoms with E-state index in [9.17, 15) is 9.59 Å². The third kappa shape index (κ3) is 5.29. The monoisotopic (exact) mass is 307 g/mol. The van der Waals surface area contributed by atoms with Crippen LogP contribution in [0.3, 0.4) is 0 Å². The molecule has 0 saturated heterocycles. The number of anilines is 1. The zero-order valence-corrected chi connectivity index (χ0v) is 12.8. The summed E-state index contributed by atoms with van der Waals surface area (Å²) >= 11 is 0. The molecule has 23 heavy (non-hydrogen) atoms. The zero-order chi connectivity index (χ0) is 16.7. The minimum atomic E-state index is -0.130. The van der Waals surface area contributed by atoms with E-state index in [0.29, 0.717) is 17.8 Å². The maximum absolute atomic E-state index is 12.0. The molecule has 0 aromatic heterocycles. The number of carbonyl (C=O) groups excluding carboxylic acids is 2. The molecule has 2 aromatic rings. The van der Waals surface area contributed by atoms with Gasteiger partial charge in [0.1, 0.15) is 0 Å². The Hall–Kier alpha value is -3.13. The summed E-state index contributed by atoms with van der Waals surface area (Å²) in [6.45, 7) is 1.83. The van der Waals surface area contributed by atoms with E-state index in [-0.39, 0.29) is 18.2 Å². The Bertz CT molecular complexity index is 746. The minimum absolute atomic E-state index is 0.0976. The second-order valence-corrected chi connectivity index (χ2v) is 5.14. The smallest absolute Gasteiger partial charge is 0.224 e. The lowest BCUT2D eigenvalue weighted by molar-refractivity contribution is -0.120. The third-order valence-corrected chi connectivity index (χ3v) is 3.18. The number of amides is 2. The predicted molar refractivity (Wildman–Crippen MR) is 87.5 cm³/mol. The summed E-state index contributed by atoms with van der Waals surface area (Å²) in [6, 6.07) is 16.3. The largest absolute Gasteiger partial charge is 0.352 e. The molecule has 2 aromatic carbocycles. The predicted octanol–water partition coefficient (Wildman–Crippen LogP) is 2.38. The van der Waals surface area contributed by atoms with Crippen LogP contribution in [-0.2, 0) is 22.6 Å². The summed E-state index contributed by atoms with van der Waals surface area (Å²) in [5, 5.41) is 14.4. The van der Waals surface area contributed by atoms with Crippen molar-refractivity contribution in [2.45, 2.75) is 19.9 Å². The molecule has 0 radical (unpaired) electrons. The van der Waals surface area contributed by atoms with Crippen LogP contribution in [0.1, 0.15) is 23.6 Å². The van der Waals surface area contributed by atoms with Crippen LogP contribution in [0.5, 0.6) is 0 Å². The van der Waals surface area contributed by atoms with Crippen molar-refractivity contribution in [1.29, 1.82) is 5.26 Å². The van der Waals surface area contributed by atoms with E-state index in [0.717, 1.165) is 11.1 Å². The quantitative estimate of drug-likeness (QED) is 0.889. The molecule has 5 heteroatoms. The van der Waals surface area contributed by atoms with E-state index in [4.69, 9.17) is 5.26 Å². The number of carbonyl (C=O) groups is 2. The van der Waals surface area contributed by atoms with Crippen LogP contribution in [0.2, 0.25) is 0 Å². The van der Waals surface area contributed by atoms with Crippen molar-refractivity contribution < 1.29 is 9.59 Å². The Morgan fingerprint density at radius 3 is 2.48 bits per heavy atom. The van der Waals surface area contributed by atoms with Crippen LogP contribution in [0.15, 0.2) is 48.5 Å². The molecule has 0 heterocycles. The van der Waals surface area contributed by atoms with E-state index >= 15 is 0 Å². The van der Waals surface area contributed by atoms with E-state index in [1.54, 1.807) is 42.5 Å². The van der Waals surface area contributed by atoms with Gasteiger partial charge in [-0.05, 0) is 35.4 Å². The molecule has 5 nitrogen and oxygen atoms in total. The van der Waals surface area contributed by atoms with E-state index < -0.39 is 0 Å². The molecule has 2 N–H and O–H groups in total. The van der Waals surface area contributed by atoms with Gasteiger partial charge in [0.05, 0.1) is 18.1 Å². The highest BCUT2D eigenvalue weighted by Gasteiger charge is 2.04. The Balaban J connectivity index is 1.87. The molecule has 0 aliphatic rings. The number of benzene rings is 2. The van der Waals surface area contributed by atoms with Gasteiger partial charge in [-0.2, -0.15) is 5.26 Å².